The summed E-state index contributed by atoms with van der Waals surface area (Å²) in [5.74, 6) is -0.663. The number of amides is 1. The van der Waals surface area contributed by atoms with Crippen LogP contribution in [-0.2, 0) is 4.79 Å². The van der Waals surface area contributed by atoms with Crippen LogP contribution < -0.4 is 5.32 Å². The monoisotopic (exact) mass is 288 g/mol. The molecule has 7 heteroatoms. The summed E-state index contributed by atoms with van der Waals surface area (Å²) < 4.78 is 0. The summed E-state index contributed by atoms with van der Waals surface area (Å²) in [6.45, 7) is 3.57. The molecule has 7 nitrogen and oxygen atoms in total. The lowest BCUT2D eigenvalue weighted by Crippen LogP contribution is -2.30. The fourth-order valence-corrected chi connectivity index (χ4v) is 1.98. The van der Waals surface area contributed by atoms with Gasteiger partial charge in [0.2, 0.25) is 5.91 Å². The molecule has 1 amide bonds. The van der Waals surface area contributed by atoms with Crippen LogP contribution >= 0.6 is 0 Å². The number of hydrogen-bond donors (Lipinski definition) is 2. The maximum Gasteiger partial charge on any atom is 0.269 e. The molecule has 0 aliphatic heterocycles. The molecule has 0 aliphatic carbocycles. The molecule has 1 aromatic heterocycles. The largest absolute Gasteiger partial charge is 0.349 e. The zero-order valence-corrected chi connectivity index (χ0v) is 11.7. The van der Waals surface area contributed by atoms with E-state index in [1.54, 1.807) is 31.5 Å². The smallest absolute Gasteiger partial charge is 0.269 e. The van der Waals surface area contributed by atoms with E-state index in [1.807, 2.05) is 6.92 Å². The van der Waals surface area contributed by atoms with E-state index in [1.165, 1.54) is 12.1 Å². The Morgan fingerprint density at radius 2 is 2.14 bits per heavy atom. The van der Waals surface area contributed by atoms with Crippen LogP contribution in [0.2, 0.25) is 0 Å². The summed E-state index contributed by atoms with van der Waals surface area (Å²) in [6.07, 6.45) is 3.35. The number of nitro benzene ring substituents is 1. The lowest BCUT2D eigenvalue weighted by Gasteiger charge is -2.16. The Hall–Kier alpha value is -2.70. The van der Waals surface area contributed by atoms with Crippen LogP contribution in [0.1, 0.15) is 36.9 Å². The number of non-ortho nitro benzene ring substituents is 1. The van der Waals surface area contributed by atoms with Gasteiger partial charge in [0.25, 0.3) is 5.69 Å². The van der Waals surface area contributed by atoms with Gasteiger partial charge in [-0.15, -0.1) is 0 Å². The summed E-state index contributed by atoms with van der Waals surface area (Å²) in [7, 11) is 0. The summed E-state index contributed by atoms with van der Waals surface area (Å²) in [5.41, 5.74) is 1.46. The number of aromatic amines is 1. The summed E-state index contributed by atoms with van der Waals surface area (Å²) in [6, 6.07) is 5.93. The zero-order valence-electron chi connectivity index (χ0n) is 11.7. The molecule has 110 valence electrons. The van der Waals surface area contributed by atoms with Crippen molar-refractivity contribution in [3.63, 3.8) is 0 Å². The average Bonchev–Trinajstić information content (AvgIpc) is 3.00. The third-order valence-corrected chi connectivity index (χ3v) is 3.35. The van der Waals surface area contributed by atoms with Gasteiger partial charge in [-0.25, -0.2) is 0 Å². The first-order chi connectivity index (χ1) is 9.99. The molecule has 0 fully saturated rings. The van der Waals surface area contributed by atoms with Crippen LogP contribution in [0.5, 0.6) is 0 Å². The third-order valence-electron chi connectivity index (χ3n) is 3.35. The van der Waals surface area contributed by atoms with Crippen LogP contribution in [0.25, 0.3) is 0 Å². The first kappa shape index (κ1) is 14.7. The molecule has 2 aromatic rings. The van der Waals surface area contributed by atoms with Crippen LogP contribution in [0.3, 0.4) is 0 Å². The zero-order chi connectivity index (χ0) is 15.4. The molecule has 0 radical (unpaired) electrons. The highest BCUT2D eigenvalue weighted by Gasteiger charge is 2.20. The van der Waals surface area contributed by atoms with Crippen molar-refractivity contribution in [2.24, 2.45) is 0 Å². The number of hydrogen-bond acceptors (Lipinski definition) is 4. The molecule has 0 spiro atoms. The molecule has 2 unspecified atom stereocenters. The first-order valence-corrected chi connectivity index (χ1v) is 6.52. The van der Waals surface area contributed by atoms with E-state index in [9.17, 15) is 14.9 Å². The number of H-pyrrole nitrogens is 1. The maximum atomic E-state index is 12.2. The normalized spacial score (nSPS) is 13.4. The number of carbonyl (C=O) groups is 1. The highest BCUT2D eigenvalue weighted by Crippen LogP contribution is 2.22. The molecule has 2 rings (SSSR count). The molecular weight excluding hydrogens is 272 g/mol. The van der Waals surface area contributed by atoms with Gasteiger partial charge >= 0.3 is 0 Å². The highest BCUT2D eigenvalue weighted by molar-refractivity contribution is 5.83. The number of nitrogens with zero attached hydrogens (tertiary/aromatic N) is 2. The Labute approximate surface area is 121 Å². The lowest BCUT2D eigenvalue weighted by molar-refractivity contribution is -0.384. The maximum absolute atomic E-state index is 12.2. The van der Waals surface area contributed by atoms with E-state index in [-0.39, 0.29) is 17.6 Å². The standard InChI is InChI=1S/C14H16N4O3/c1-9(11-4-3-5-13(6-11)18(20)21)14(19)17-10(2)12-7-15-16-8-12/h3-10H,1-2H3,(H,15,16)(H,17,19). The quantitative estimate of drug-likeness (QED) is 0.651. The molecule has 0 saturated carbocycles. The van der Waals surface area contributed by atoms with Crippen molar-refractivity contribution < 1.29 is 9.72 Å². The number of benzene rings is 1. The second-order valence-corrected chi connectivity index (χ2v) is 4.84. The van der Waals surface area contributed by atoms with Gasteiger partial charge in [0.05, 0.1) is 23.1 Å². The molecule has 0 saturated heterocycles. The first-order valence-electron chi connectivity index (χ1n) is 6.52. The number of aromatic nitrogens is 2. The Morgan fingerprint density at radius 1 is 1.38 bits per heavy atom. The van der Waals surface area contributed by atoms with Crippen molar-refractivity contribution in [1.29, 1.82) is 0 Å². The molecule has 21 heavy (non-hydrogen) atoms. The van der Waals surface area contributed by atoms with Gasteiger partial charge in [-0.05, 0) is 19.4 Å². The summed E-state index contributed by atoms with van der Waals surface area (Å²) in [5, 5.41) is 20.2. The SMILES string of the molecule is CC(NC(=O)C(C)c1cccc([N+](=O)[O-])c1)c1cn[nH]c1. The van der Waals surface area contributed by atoms with E-state index in [2.05, 4.69) is 15.5 Å². The molecule has 2 N–H and O–H groups in total. The number of nitrogens with one attached hydrogen (secondary N) is 2. The summed E-state index contributed by atoms with van der Waals surface area (Å²) in [4.78, 5) is 22.5. The average molecular weight is 288 g/mol. The van der Waals surface area contributed by atoms with Crippen LogP contribution in [0.4, 0.5) is 5.69 Å². The topological polar surface area (TPSA) is 101 Å². The molecule has 1 aromatic carbocycles. The van der Waals surface area contributed by atoms with Crippen LogP contribution in [0, 0.1) is 10.1 Å². The van der Waals surface area contributed by atoms with E-state index in [4.69, 9.17) is 0 Å². The Bertz CT molecular complexity index is 639. The van der Waals surface area contributed by atoms with Gasteiger partial charge in [-0.3, -0.25) is 20.0 Å². The van der Waals surface area contributed by atoms with Crippen molar-refractivity contribution in [2.45, 2.75) is 25.8 Å². The van der Waals surface area contributed by atoms with Gasteiger partial charge in [0.1, 0.15) is 0 Å². The van der Waals surface area contributed by atoms with Gasteiger partial charge in [0.15, 0.2) is 0 Å². The predicted molar refractivity (Wildman–Crippen MR) is 76.7 cm³/mol. The van der Waals surface area contributed by atoms with Gasteiger partial charge in [0, 0.05) is 23.9 Å². The molecule has 0 bridgehead atoms. The van der Waals surface area contributed by atoms with Crippen molar-refractivity contribution in [1.82, 2.24) is 15.5 Å². The summed E-state index contributed by atoms with van der Waals surface area (Å²) >= 11 is 0. The highest BCUT2D eigenvalue weighted by atomic mass is 16.6. The van der Waals surface area contributed by atoms with Crippen molar-refractivity contribution >= 4 is 11.6 Å². The van der Waals surface area contributed by atoms with Crippen molar-refractivity contribution in [2.75, 3.05) is 0 Å². The third kappa shape index (κ3) is 3.44. The fourth-order valence-electron chi connectivity index (χ4n) is 1.98. The predicted octanol–water partition coefficient (Wildman–Crippen LogP) is 2.30. The van der Waals surface area contributed by atoms with Crippen LogP contribution in [0.15, 0.2) is 36.7 Å². The van der Waals surface area contributed by atoms with Gasteiger partial charge < -0.3 is 5.32 Å². The molecule has 1 heterocycles. The second kappa shape index (κ2) is 6.17. The van der Waals surface area contributed by atoms with Crippen molar-refractivity contribution in [3.8, 4) is 0 Å². The number of carbonyl (C=O) groups excluding carboxylic acids is 1. The molecular formula is C14H16N4O3. The number of rotatable bonds is 5. The van der Waals surface area contributed by atoms with E-state index in [0.29, 0.717) is 5.56 Å². The minimum Gasteiger partial charge on any atom is -0.349 e. The van der Waals surface area contributed by atoms with E-state index in [0.717, 1.165) is 5.56 Å². The minimum absolute atomic E-state index is 0.0185. The lowest BCUT2D eigenvalue weighted by atomic mass is 9.99. The fraction of sp³-hybridized carbons (Fsp3) is 0.286. The Balaban J connectivity index is 2.08. The second-order valence-electron chi connectivity index (χ2n) is 4.84. The van der Waals surface area contributed by atoms with Crippen molar-refractivity contribution in [3.05, 3.63) is 57.9 Å². The van der Waals surface area contributed by atoms with E-state index >= 15 is 0 Å². The molecule has 0 aliphatic rings. The number of nitro groups is 1. The molecule has 2 atom stereocenters. The van der Waals surface area contributed by atoms with Crippen LogP contribution in [-0.4, -0.2) is 21.0 Å². The van der Waals surface area contributed by atoms with Gasteiger partial charge in [-0.2, -0.15) is 5.10 Å². The van der Waals surface area contributed by atoms with Gasteiger partial charge in [-0.1, -0.05) is 12.1 Å². The minimum atomic E-state index is -0.473. The Kier molecular flexibility index (Phi) is 4.32. The Morgan fingerprint density at radius 3 is 2.76 bits per heavy atom. The van der Waals surface area contributed by atoms with E-state index < -0.39 is 10.8 Å².